The third-order valence-electron chi connectivity index (χ3n) is 3.80. The van der Waals surface area contributed by atoms with Crippen molar-refractivity contribution in [1.29, 1.82) is 0 Å². The van der Waals surface area contributed by atoms with Crippen LogP contribution in [0.2, 0.25) is 0 Å². The lowest BCUT2D eigenvalue weighted by Crippen LogP contribution is -2.30. The van der Waals surface area contributed by atoms with Crippen LogP contribution < -0.4 is 4.74 Å². The zero-order valence-corrected chi connectivity index (χ0v) is 15.3. The molecule has 0 aliphatic rings. The SMILES string of the molecule is COC(=O)[C@@H](Cc1ccc(O)c(OC)c1)OC(=O)/C=C/c1ccc(O)c(O)c1. The summed E-state index contributed by atoms with van der Waals surface area (Å²) >= 11 is 0. The number of phenols is 3. The van der Waals surface area contributed by atoms with Crippen molar-refractivity contribution in [2.75, 3.05) is 14.2 Å². The zero-order valence-electron chi connectivity index (χ0n) is 15.3. The molecule has 2 aromatic carbocycles. The van der Waals surface area contributed by atoms with E-state index in [2.05, 4.69) is 4.74 Å². The van der Waals surface area contributed by atoms with Crippen molar-refractivity contribution >= 4 is 18.0 Å². The number of aromatic hydroxyl groups is 3. The minimum absolute atomic E-state index is 0.0168. The van der Waals surface area contributed by atoms with E-state index >= 15 is 0 Å². The quantitative estimate of drug-likeness (QED) is 0.375. The van der Waals surface area contributed by atoms with Crippen LogP contribution in [0.3, 0.4) is 0 Å². The molecule has 0 saturated carbocycles. The minimum Gasteiger partial charge on any atom is -0.504 e. The summed E-state index contributed by atoms with van der Waals surface area (Å²) in [5.74, 6) is -1.98. The third-order valence-corrected chi connectivity index (χ3v) is 3.80. The predicted octanol–water partition coefficient (Wildman–Crippen LogP) is 2.15. The van der Waals surface area contributed by atoms with Crippen molar-refractivity contribution < 1.29 is 39.1 Å². The van der Waals surface area contributed by atoms with Gasteiger partial charge in [-0.25, -0.2) is 9.59 Å². The number of carbonyl (C=O) groups is 2. The van der Waals surface area contributed by atoms with E-state index in [-0.39, 0.29) is 29.4 Å². The summed E-state index contributed by atoms with van der Waals surface area (Å²) in [7, 11) is 2.57. The number of esters is 2. The summed E-state index contributed by atoms with van der Waals surface area (Å²) in [6.07, 6.45) is 1.26. The first-order valence-electron chi connectivity index (χ1n) is 8.18. The number of benzene rings is 2. The molecule has 0 bridgehead atoms. The van der Waals surface area contributed by atoms with E-state index < -0.39 is 18.0 Å². The van der Waals surface area contributed by atoms with E-state index in [0.29, 0.717) is 11.1 Å². The van der Waals surface area contributed by atoms with E-state index in [4.69, 9.17) is 9.47 Å². The molecule has 8 nitrogen and oxygen atoms in total. The highest BCUT2D eigenvalue weighted by atomic mass is 16.6. The number of ether oxygens (including phenoxy) is 3. The number of hydrogen-bond acceptors (Lipinski definition) is 8. The van der Waals surface area contributed by atoms with Crippen LogP contribution in [0.4, 0.5) is 0 Å². The van der Waals surface area contributed by atoms with Gasteiger partial charge in [-0.15, -0.1) is 0 Å². The average Bonchev–Trinajstić information content (AvgIpc) is 2.69. The fourth-order valence-corrected chi connectivity index (χ4v) is 2.36. The maximum absolute atomic E-state index is 12.1. The van der Waals surface area contributed by atoms with Crippen LogP contribution in [-0.4, -0.2) is 47.6 Å². The highest BCUT2D eigenvalue weighted by Gasteiger charge is 2.24. The molecule has 3 N–H and O–H groups in total. The molecule has 0 radical (unpaired) electrons. The monoisotopic (exact) mass is 388 g/mol. The summed E-state index contributed by atoms with van der Waals surface area (Å²) in [5.41, 5.74) is 1.04. The van der Waals surface area contributed by atoms with Gasteiger partial charge in [-0.05, 0) is 41.5 Å². The van der Waals surface area contributed by atoms with Gasteiger partial charge < -0.3 is 29.5 Å². The number of hydrogen-bond donors (Lipinski definition) is 3. The van der Waals surface area contributed by atoms with Crippen LogP contribution in [0.5, 0.6) is 23.0 Å². The topological polar surface area (TPSA) is 123 Å². The molecule has 0 saturated heterocycles. The van der Waals surface area contributed by atoms with Crippen LogP contribution in [0, 0.1) is 0 Å². The second-order valence-corrected chi connectivity index (χ2v) is 5.74. The van der Waals surface area contributed by atoms with Crippen molar-refractivity contribution in [2.45, 2.75) is 12.5 Å². The maximum Gasteiger partial charge on any atom is 0.347 e. The van der Waals surface area contributed by atoms with Crippen molar-refractivity contribution in [3.8, 4) is 23.0 Å². The van der Waals surface area contributed by atoms with Crippen molar-refractivity contribution in [3.05, 3.63) is 53.6 Å². The van der Waals surface area contributed by atoms with Gasteiger partial charge in [-0.3, -0.25) is 0 Å². The van der Waals surface area contributed by atoms with Gasteiger partial charge in [0.05, 0.1) is 14.2 Å². The van der Waals surface area contributed by atoms with Crippen LogP contribution >= 0.6 is 0 Å². The Labute approximate surface area is 161 Å². The number of rotatable bonds is 7. The van der Waals surface area contributed by atoms with Gasteiger partial charge in [-0.2, -0.15) is 0 Å². The highest BCUT2D eigenvalue weighted by molar-refractivity contribution is 5.89. The molecule has 0 aliphatic heterocycles. The first-order valence-corrected chi connectivity index (χ1v) is 8.18. The molecular formula is C20H20O8. The summed E-state index contributed by atoms with van der Waals surface area (Å²) in [4.78, 5) is 24.0. The Balaban J connectivity index is 2.10. The summed E-state index contributed by atoms with van der Waals surface area (Å²) < 4.78 is 14.9. The van der Waals surface area contributed by atoms with Crippen molar-refractivity contribution in [1.82, 2.24) is 0 Å². The second-order valence-electron chi connectivity index (χ2n) is 5.74. The highest BCUT2D eigenvalue weighted by Crippen LogP contribution is 2.27. The second kappa shape index (κ2) is 9.31. The van der Waals surface area contributed by atoms with Crippen LogP contribution in [0.15, 0.2) is 42.5 Å². The summed E-state index contributed by atoms with van der Waals surface area (Å²) in [5, 5.41) is 28.4. The molecule has 28 heavy (non-hydrogen) atoms. The average molecular weight is 388 g/mol. The van der Waals surface area contributed by atoms with Gasteiger partial charge in [0.25, 0.3) is 0 Å². The van der Waals surface area contributed by atoms with E-state index in [1.165, 1.54) is 50.6 Å². The lowest BCUT2D eigenvalue weighted by atomic mass is 10.1. The lowest BCUT2D eigenvalue weighted by molar-refractivity contribution is -0.162. The zero-order chi connectivity index (χ0) is 20.7. The Hall–Kier alpha value is -3.68. The summed E-state index contributed by atoms with van der Waals surface area (Å²) in [6.45, 7) is 0. The number of methoxy groups -OCH3 is 2. The fraction of sp³-hybridized carbons (Fsp3) is 0.200. The van der Waals surface area contributed by atoms with Gasteiger partial charge in [0.15, 0.2) is 23.0 Å². The van der Waals surface area contributed by atoms with Crippen LogP contribution in [-0.2, 0) is 25.5 Å². The molecule has 0 amide bonds. The van der Waals surface area contributed by atoms with E-state index in [1.807, 2.05) is 0 Å². The van der Waals surface area contributed by atoms with Gasteiger partial charge >= 0.3 is 11.9 Å². The molecule has 2 aromatic rings. The van der Waals surface area contributed by atoms with Gasteiger partial charge in [0.2, 0.25) is 6.10 Å². The normalized spacial score (nSPS) is 11.8. The molecule has 0 spiro atoms. The first-order chi connectivity index (χ1) is 13.3. The number of carbonyl (C=O) groups excluding carboxylic acids is 2. The lowest BCUT2D eigenvalue weighted by Gasteiger charge is -2.15. The van der Waals surface area contributed by atoms with E-state index in [0.717, 1.165) is 6.08 Å². The van der Waals surface area contributed by atoms with Crippen molar-refractivity contribution in [3.63, 3.8) is 0 Å². The Kier molecular flexibility index (Phi) is 6.86. The van der Waals surface area contributed by atoms with Crippen molar-refractivity contribution in [2.24, 2.45) is 0 Å². The molecule has 0 heterocycles. The van der Waals surface area contributed by atoms with Crippen LogP contribution in [0.25, 0.3) is 6.08 Å². The summed E-state index contributed by atoms with van der Waals surface area (Å²) in [6, 6.07) is 8.52. The molecule has 0 aromatic heterocycles. The molecule has 0 aliphatic carbocycles. The largest absolute Gasteiger partial charge is 0.504 e. The third kappa shape index (κ3) is 5.41. The molecule has 0 fully saturated rings. The van der Waals surface area contributed by atoms with Gasteiger partial charge in [-0.1, -0.05) is 12.1 Å². The minimum atomic E-state index is -1.20. The Morgan fingerprint density at radius 2 is 1.71 bits per heavy atom. The molecule has 1 atom stereocenters. The number of phenolic OH excluding ortho intramolecular Hbond substituents is 3. The first kappa shape index (κ1) is 20.6. The Morgan fingerprint density at radius 1 is 1.00 bits per heavy atom. The molecule has 8 heteroatoms. The Morgan fingerprint density at radius 3 is 2.36 bits per heavy atom. The standard InChI is InChI=1S/C20H20O8/c1-26-17-10-13(4-7-15(17)22)11-18(20(25)27-2)28-19(24)8-5-12-3-6-14(21)16(23)9-12/h3-10,18,21-23H,11H2,1-2H3/b8-5+/t18-/m1/s1. The smallest absolute Gasteiger partial charge is 0.347 e. The molecule has 0 unspecified atom stereocenters. The van der Waals surface area contributed by atoms with Gasteiger partial charge in [0.1, 0.15) is 0 Å². The van der Waals surface area contributed by atoms with Crippen LogP contribution in [0.1, 0.15) is 11.1 Å². The Bertz CT molecular complexity index is 888. The molecular weight excluding hydrogens is 368 g/mol. The fourth-order valence-electron chi connectivity index (χ4n) is 2.36. The van der Waals surface area contributed by atoms with E-state index in [9.17, 15) is 24.9 Å². The molecule has 148 valence electrons. The maximum atomic E-state index is 12.1. The van der Waals surface area contributed by atoms with E-state index in [1.54, 1.807) is 6.07 Å². The molecule has 2 rings (SSSR count). The predicted molar refractivity (Wildman–Crippen MR) is 99.1 cm³/mol. The van der Waals surface area contributed by atoms with Gasteiger partial charge in [0, 0.05) is 12.5 Å².